The van der Waals surface area contributed by atoms with Crippen LogP contribution < -0.4 is 4.74 Å². The molecule has 2 aromatic carbocycles. The molecule has 1 amide bonds. The summed E-state index contributed by atoms with van der Waals surface area (Å²) in [5.74, 6) is 1.77. The van der Waals surface area contributed by atoms with Crippen molar-refractivity contribution >= 4 is 5.91 Å². The van der Waals surface area contributed by atoms with Crippen LogP contribution in [0.1, 0.15) is 30.9 Å². The summed E-state index contributed by atoms with van der Waals surface area (Å²) in [5.41, 5.74) is 2.60. The van der Waals surface area contributed by atoms with Crippen LogP contribution in [0.3, 0.4) is 0 Å². The summed E-state index contributed by atoms with van der Waals surface area (Å²) in [4.78, 5) is 17.4. The molecule has 1 aliphatic rings. The summed E-state index contributed by atoms with van der Waals surface area (Å²) >= 11 is 0. The van der Waals surface area contributed by atoms with Crippen molar-refractivity contribution in [1.82, 2.24) is 9.80 Å². The standard InChI is InChI=1S/C26H36N2O3/c1-20(2)26(29)28(13-14-30-3)18-23-17-27(16-21-9-6-5-7-10-21)19-25(23)22-11-8-12-24(15-22)31-4/h5-12,15,20,23,25H,13-14,16-19H2,1-4H3. The molecular formula is C26H36N2O3. The normalized spacial score (nSPS) is 19.0. The van der Waals surface area contributed by atoms with E-state index in [1.165, 1.54) is 11.1 Å². The Labute approximate surface area is 187 Å². The Morgan fingerprint density at radius 3 is 2.55 bits per heavy atom. The molecule has 1 heterocycles. The number of rotatable bonds is 10. The van der Waals surface area contributed by atoms with E-state index >= 15 is 0 Å². The van der Waals surface area contributed by atoms with Gasteiger partial charge >= 0.3 is 0 Å². The Morgan fingerprint density at radius 1 is 1.10 bits per heavy atom. The molecule has 3 rings (SSSR count). The molecule has 1 fully saturated rings. The van der Waals surface area contributed by atoms with Gasteiger partial charge in [0.2, 0.25) is 5.91 Å². The van der Waals surface area contributed by atoms with Gasteiger partial charge in [-0.1, -0.05) is 56.3 Å². The zero-order chi connectivity index (χ0) is 22.2. The molecule has 5 nitrogen and oxygen atoms in total. The number of hydrogen-bond donors (Lipinski definition) is 0. The predicted octanol–water partition coefficient (Wildman–Crippen LogP) is 4.04. The van der Waals surface area contributed by atoms with Crippen LogP contribution in [0.2, 0.25) is 0 Å². The molecule has 1 saturated heterocycles. The average molecular weight is 425 g/mol. The fourth-order valence-corrected chi connectivity index (χ4v) is 4.51. The van der Waals surface area contributed by atoms with Gasteiger partial charge in [0.15, 0.2) is 0 Å². The van der Waals surface area contributed by atoms with Crippen molar-refractivity contribution in [3.05, 3.63) is 65.7 Å². The van der Waals surface area contributed by atoms with Gasteiger partial charge in [-0.3, -0.25) is 9.69 Å². The third-order valence-corrected chi connectivity index (χ3v) is 6.11. The predicted molar refractivity (Wildman–Crippen MR) is 124 cm³/mol. The van der Waals surface area contributed by atoms with Crippen LogP contribution in [0.15, 0.2) is 54.6 Å². The smallest absolute Gasteiger partial charge is 0.225 e. The summed E-state index contributed by atoms with van der Waals surface area (Å²) in [5, 5.41) is 0. The fraction of sp³-hybridized carbons (Fsp3) is 0.500. The SMILES string of the molecule is COCCN(CC1CN(Cc2ccccc2)CC1c1cccc(OC)c1)C(=O)C(C)C. The number of ether oxygens (including phenoxy) is 2. The highest BCUT2D eigenvalue weighted by molar-refractivity contribution is 5.78. The molecular weight excluding hydrogens is 388 g/mol. The van der Waals surface area contributed by atoms with Gasteiger partial charge in [0, 0.05) is 51.7 Å². The molecule has 2 aromatic rings. The maximum Gasteiger partial charge on any atom is 0.225 e. The average Bonchev–Trinajstić information content (AvgIpc) is 3.18. The van der Waals surface area contributed by atoms with Crippen LogP contribution in [0.5, 0.6) is 5.75 Å². The molecule has 31 heavy (non-hydrogen) atoms. The molecule has 0 spiro atoms. The van der Waals surface area contributed by atoms with Crippen molar-refractivity contribution in [1.29, 1.82) is 0 Å². The summed E-state index contributed by atoms with van der Waals surface area (Å²) in [6.07, 6.45) is 0. The van der Waals surface area contributed by atoms with Crippen molar-refractivity contribution in [2.75, 3.05) is 47.0 Å². The first-order chi connectivity index (χ1) is 15.0. The number of carbonyl (C=O) groups excluding carboxylic acids is 1. The molecule has 5 heteroatoms. The molecule has 0 bridgehead atoms. The van der Waals surface area contributed by atoms with Crippen molar-refractivity contribution in [2.45, 2.75) is 26.3 Å². The van der Waals surface area contributed by atoms with Gasteiger partial charge in [-0.05, 0) is 29.2 Å². The first kappa shape index (κ1) is 23.3. The Kier molecular flexibility index (Phi) is 8.50. The molecule has 0 aromatic heterocycles. The molecule has 0 radical (unpaired) electrons. The van der Waals surface area contributed by atoms with E-state index in [9.17, 15) is 4.79 Å². The second-order valence-corrected chi connectivity index (χ2v) is 8.75. The molecule has 2 atom stereocenters. The molecule has 0 aliphatic carbocycles. The van der Waals surface area contributed by atoms with Gasteiger partial charge in [-0.25, -0.2) is 0 Å². The number of nitrogens with zero attached hydrogens (tertiary/aromatic N) is 2. The summed E-state index contributed by atoms with van der Waals surface area (Å²) < 4.78 is 10.8. The monoisotopic (exact) mass is 424 g/mol. The van der Waals surface area contributed by atoms with Crippen LogP contribution in [0.25, 0.3) is 0 Å². The van der Waals surface area contributed by atoms with E-state index in [0.717, 1.165) is 31.9 Å². The lowest BCUT2D eigenvalue weighted by atomic mass is 9.88. The van der Waals surface area contributed by atoms with Gasteiger partial charge in [-0.2, -0.15) is 0 Å². The van der Waals surface area contributed by atoms with Crippen molar-refractivity contribution in [3.8, 4) is 5.75 Å². The molecule has 1 aliphatic heterocycles. The Balaban J connectivity index is 1.82. The second kappa shape index (κ2) is 11.3. The minimum atomic E-state index is -0.0195. The largest absolute Gasteiger partial charge is 0.497 e. The molecule has 0 saturated carbocycles. The minimum absolute atomic E-state index is 0.0195. The van der Waals surface area contributed by atoms with Crippen molar-refractivity contribution in [2.24, 2.45) is 11.8 Å². The number of methoxy groups -OCH3 is 2. The van der Waals surface area contributed by atoms with E-state index in [1.807, 2.05) is 24.8 Å². The highest BCUT2D eigenvalue weighted by Crippen LogP contribution is 2.35. The third kappa shape index (κ3) is 6.31. The van der Waals surface area contributed by atoms with Crippen LogP contribution in [-0.2, 0) is 16.1 Å². The van der Waals surface area contributed by atoms with E-state index in [1.54, 1.807) is 14.2 Å². The van der Waals surface area contributed by atoms with Crippen LogP contribution in [0.4, 0.5) is 0 Å². The Morgan fingerprint density at radius 2 is 1.87 bits per heavy atom. The molecule has 0 N–H and O–H groups in total. The lowest BCUT2D eigenvalue weighted by Gasteiger charge is -2.30. The van der Waals surface area contributed by atoms with E-state index < -0.39 is 0 Å². The highest BCUT2D eigenvalue weighted by atomic mass is 16.5. The van der Waals surface area contributed by atoms with Gasteiger partial charge in [0.1, 0.15) is 5.75 Å². The maximum atomic E-state index is 12.9. The summed E-state index contributed by atoms with van der Waals surface area (Å²) in [6, 6.07) is 19.0. The lowest BCUT2D eigenvalue weighted by molar-refractivity contribution is -0.135. The van der Waals surface area contributed by atoms with Gasteiger partial charge in [0.05, 0.1) is 13.7 Å². The van der Waals surface area contributed by atoms with Gasteiger partial charge in [-0.15, -0.1) is 0 Å². The quantitative estimate of drug-likeness (QED) is 0.577. The van der Waals surface area contributed by atoms with Crippen LogP contribution >= 0.6 is 0 Å². The third-order valence-electron chi connectivity index (χ3n) is 6.11. The number of hydrogen-bond acceptors (Lipinski definition) is 4. The van der Waals surface area contributed by atoms with E-state index in [-0.39, 0.29) is 11.8 Å². The van der Waals surface area contributed by atoms with Crippen molar-refractivity contribution < 1.29 is 14.3 Å². The van der Waals surface area contributed by atoms with E-state index in [2.05, 4.69) is 53.4 Å². The number of benzene rings is 2. The maximum absolute atomic E-state index is 12.9. The summed E-state index contributed by atoms with van der Waals surface area (Å²) in [6.45, 7) is 8.74. The topological polar surface area (TPSA) is 42.0 Å². The van der Waals surface area contributed by atoms with E-state index in [4.69, 9.17) is 9.47 Å². The Hall–Kier alpha value is -2.37. The number of carbonyl (C=O) groups is 1. The van der Waals surface area contributed by atoms with Crippen LogP contribution in [-0.4, -0.2) is 62.7 Å². The first-order valence-electron chi connectivity index (χ1n) is 11.2. The van der Waals surface area contributed by atoms with Gasteiger partial charge < -0.3 is 14.4 Å². The summed E-state index contributed by atoms with van der Waals surface area (Å²) in [7, 11) is 3.40. The Bertz CT molecular complexity index is 824. The fourth-order valence-electron chi connectivity index (χ4n) is 4.51. The number of likely N-dealkylation sites (tertiary alicyclic amines) is 1. The second-order valence-electron chi connectivity index (χ2n) is 8.75. The minimum Gasteiger partial charge on any atom is -0.497 e. The first-order valence-corrected chi connectivity index (χ1v) is 11.2. The lowest BCUT2D eigenvalue weighted by Crippen LogP contribution is -2.41. The van der Waals surface area contributed by atoms with E-state index in [0.29, 0.717) is 25.0 Å². The zero-order valence-electron chi connectivity index (χ0n) is 19.3. The molecule has 2 unspecified atom stereocenters. The number of amides is 1. The van der Waals surface area contributed by atoms with Gasteiger partial charge in [0.25, 0.3) is 0 Å². The van der Waals surface area contributed by atoms with Crippen LogP contribution in [0, 0.1) is 11.8 Å². The zero-order valence-corrected chi connectivity index (χ0v) is 19.3. The molecule has 168 valence electrons. The highest BCUT2D eigenvalue weighted by Gasteiger charge is 2.36. The van der Waals surface area contributed by atoms with Crippen molar-refractivity contribution in [3.63, 3.8) is 0 Å².